The highest BCUT2D eigenvalue weighted by atomic mass is 16.3. The van der Waals surface area contributed by atoms with Crippen LogP contribution in [0.1, 0.15) is 60.2 Å². The summed E-state index contributed by atoms with van der Waals surface area (Å²) in [6, 6.07) is -0.343. The van der Waals surface area contributed by atoms with Gasteiger partial charge in [0.2, 0.25) is 0 Å². The molecule has 5 atom stereocenters. The molecule has 112 valence electrons. The van der Waals surface area contributed by atoms with Crippen molar-refractivity contribution in [2.24, 2.45) is 17.3 Å². The first-order valence-corrected chi connectivity index (χ1v) is 7.75. The third-order valence-electron chi connectivity index (χ3n) is 6.18. The van der Waals surface area contributed by atoms with Crippen molar-refractivity contribution in [2.75, 3.05) is 0 Å². The van der Waals surface area contributed by atoms with Crippen molar-refractivity contribution in [2.45, 2.75) is 51.3 Å². The first-order valence-electron chi connectivity index (χ1n) is 9.74. The first kappa shape index (κ1) is 9.50. The van der Waals surface area contributed by atoms with E-state index in [1.807, 2.05) is 6.92 Å². The van der Waals surface area contributed by atoms with Crippen LogP contribution < -0.4 is 0 Å². The summed E-state index contributed by atoms with van der Waals surface area (Å²) in [5.74, 6) is -0.0240. The molecule has 0 spiro atoms. The van der Waals surface area contributed by atoms with Gasteiger partial charge in [0.1, 0.15) is 5.78 Å². The average Bonchev–Trinajstić information content (AvgIpc) is 2.88. The third-order valence-corrected chi connectivity index (χ3v) is 6.18. The summed E-state index contributed by atoms with van der Waals surface area (Å²) in [6.45, 7) is 2.05. The van der Waals surface area contributed by atoms with Gasteiger partial charge in [-0.1, -0.05) is 13.0 Å². The fraction of sp³-hybridized carbons (Fsp3) is 0.611. The van der Waals surface area contributed by atoms with Crippen LogP contribution in [0.5, 0.6) is 11.5 Å². The molecular formula is C18H22O3. The van der Waals surface area contributed by atoms with Crippen molar-refractivity contribution in [3.63, 3.8) is 0 Å². The Balaban J connectivity index is 1.87. The number of fused-ring (bicyclic) bond motifs is 5. The second kappa shape index (κ2) is 4.25. The summed E-state index contributed by atoms with van der Waals surface area (Å²) in [4.78, 5) is 12.4. The number of carbonyl (C=O) groups is 1. The molecule has 0 radical (unpaired) electrons. The number of ketones is 1. The van der Waals surface area contributed by atoms with Crippen LogP contribution in [0.25, 0.3) is 0 Å². The van der Waals surface area contributed by atoms with Gasteiger partial charge in [-0.15, -0.1) is 0 Å². The minimum absolute atomic E-state index is 0.0112. The highest BCUT2D eigenvalue weighted by molar-refractivity contribution is 5.87. The van der Waals surface area contributed by atoms with Crippen LogP contribution >= 0.6 is 0 Å². The Morgan fingerprint density at radius 1 is 1.43 bits per heavy atom. The molecule has 21 heavy (non-hydrogen) atoms. The Bertz CT molecular complexity index is 765. The van der Waals surface area contributed by atoms with Gasteiger partial charge >= 0.3 is 0 Å². The van der Waals surface area contributed by atoms with Crippen LogP contribution in [-0.4, -0.2) is 17.4 Å². The zero-order valence-corrected chi connectivity index (χ0v) is 12.1. The monoisotopic (exact) mass is 290 g/mol. The highest BCUT2D eigenvalue weighted by Gasteiger charge is 2.54. The fourth-order valence-corrected chi connectivity index (χ4v) is 5.00. The molecule has 3 nitrogen and oxygen atoms in total. The second-order valence-corrected chi connectivity index (χ2v) is 6.99. The number of carbonyl (C=O) groups excluding carboxylic acids is 1. The zero-order valence-electron chi connectivity index (χ0n) is 16.1. The van der Waals surface area contributed by atoms with Gasteiger partial charge in [-0.25, -0.2) is 0 Å². The lowest BCUT2D eigenvalue weighted by atomic mass is 9.55. The normalized spacial score (nSPS) is 43.8. The van der Waals surface area contributed by atoms with Crippen molar-refractivity contribution in [1.29, 1.82) is 1.43 Å². The summed E-state index contributed by atoms with van der Waals surface area (Å²) in [6.07, 6.45) is 2.72. The second-order valence-electron chi connectivity index (χ2n) is 6.99. The molecule has 1 aromatic carbocycles. The maximum atomic E-state index is 12.4. The van der Waals surface area contributed by atoms with Crippen molar-refractivity contribution in [3.8, 4) is 11.5 Å². The van der Waals surface area contributed by atoms with E-state index in [1.165, 1.54) is 0 Å². The van der Waals surface area contributed by atoms with E-state index in [-0.39, 0.29) is 46.8 Å². The van der Waals surface area contributed by atoms with E-state index < -0.39 is 6.40 Å². The molecule has 3 aliphatic carbocycles. The SMILES string of the molecule is [2H]Oc1c([2H])c([2H])c2c(c1O)C([2H])C[C@@H]1[C@@H]2CC[C@]2(C)C(=O)CC[C@@H]12. The van der Waals surface area contributed by atoms with Crippen LogP contribution in [-0.2, 0) is 11.2 Å². The van der Waals surface area contributed by atoms with Gasteiger partial charge < -0.3 is 10.2 Å². The first-order chi connectivity index (χ1) is 11.8. The predicted molar refractivity (Wildman–Crippen MR) is 79.4 cm³/mol. The molecular weight excluding hydrogens is 264 g/mol. The Morgan fingerprint density at radius 2 is 2.29 bits per heavy atom. The van der Waals surface area contributed by atoms with Crippen LogP contribution in [0.15, 0.2) is 12.1 Å². The smallest absolute Gasteiger partial charge is 0.293 e. The van der Waals surface area contributed by atoms with E-state index in [1.54, 1.807) is 0 Å². The van der Waals surface area contributed by atoms with Crippen LogP contribution in [0, 0.1) is 17.3 Å². The zero-order chi connectivity index (χ0) is 18.1. The molecule has 4 rings (SSSR count). The van der Waals surface area contributed by atoms with Gasteiger partial charge in [-0.3, -0.25) is 4.79 Å². The fourth-order valence-electron chi connectivity index (χ4n) is 5.00. The number of rotatable bonds is 1. The quantitative estimate of drug-likeness (QED) is 0.778. The summed E-state index contributed by atoms with van der Waals surface area (Å²) in [5.41, 5.74) is 0.592. The molecule has 1 aromatic rings. The molecule has 0 heterocycles. The standard InChI is InChI=1S/C18H22O3/c1-18-9-8-11-10-4-6-15(19)17(21)13(10)3-2-12(11)14(18)5-7-16(18)20/h4,6,11-12,14,19,21H,2-3,5,7-9H2,1H3/t11-,12-,14+,18+/m1/s1/i3D,4D,6D/hD/t3?,11-,12-,14+,18+. The summed E-state index contributed by atoms with van der Waals surface area (Å²) in [7, 11) is 0. The molecule has 3 aliphatic rings. The van der Waals surface area contributed by atoms with Gasteiger partial charge in [0.15, 0.2) is 11.5 Å². The largest absolute Gasteiger partial charge is 0.504 e. The molecule has 2 saturated carbocycles. The van der Waals surface area contributed by atoms with Crippen molar-refractivity contribution in [3.05, 3.63) is 23.2 Å². The molecule has 3 heteroatoms. The lowest BCUT2D eigenvalue weighted by Crippen LogP contribution is -2.42. The van der Waals surface area contributed by atoms with E-state index in [0.29, 0.717) is 29.8 Å². The molecule has 1 unspecified atom stereocenters. The molecule has 0 aliphatic heterocycles. The molecule has 0 saturated heterocycles. The Labute approximate surface area is 130 Å². The van der Waals surface area contributed by atoms with E-state index in [0.717, 1.165) is 19.3 Å². The van der Waals surface area contributed by atoms with Crippen LogP contribution in [0.3, 0.4) is 0 Å². The summed E-state index contributed by atoms with van der Waals surface area (Å²) < 4.78 is 32.0. The van der Waals surface area contributed by atoms with Crippen molar-refractivity contribution in [1.82, 2.24) is 0 Å². The number of hydrogen-bond acceptors (Lipinski definition) is 3. The van der Waals surface area contributed by atoms with Gasteiger partial charge in [0.05, 0.1) is 2.74 Å². The Kier molecular flexibility index (Phi) is 1.92. The maximum absolute atomic E-state index is 12.4. The molecule has 0 aromatic heterocycles. The van der Waals surface area contributed by atoms with E-state index in [9.17, 15) is 9.90 Å². The van der Waals surface area contributed by atoms with E-state index in [2.05, 4.69) is 5.11 Å². The molecule has 2 fully saturated rings. The predicted octanol–water partition coefficient (Wildman–Crippen LogP) is 3.52. The van der Waals surface area contributed by atoms with Gasteiger partial charge in [-0.05, 0) is 61.4 Å². The van der Waals surface area contributed by atoms with E-state index in [4.69, 9.17) is 5.54 Å². The van der Waals surface area contributed by atoms with E-state index >= 15 is 0 Å². The van der Waals surface area contributed by atoms with Crippen LogP contribution in [0.2, 0.25) is 0 Å². The summed E-state index contributed by atoms with van der Waals surface area (Å²) in [5, 5.41) is 14.8. The summed E-state index contributed by atoms with van der Waals surface area (Å²) >= 11 is 0. The molecule has 0 bridgehead atoms. The Morgan fingerprint density at radius 3 is 3.10 bits per heavy atom. The number of phenolic OH excluding ortho intramolecular Hbond substituents is 2. The third kappa shape index (κ3) is 1.63. The number of Topliss-reactive ketones (excluding diaryl/α,β-unsaturated/α-hetero) is 1. The Hall–Kier alpha value is -1.51. The minimum atomic E-state index is -0.729. The van der Waals surface area contributed by atoms with Gasteiger partial charge in [0.25, 0.3) is 1.43 Å². The van der Waals surface area contributed by atoms with Gasteiger partial charge in [0, 0.05) is 18.8 Å². The number of hydrogen-bond donors (Lipinski definition) is 2. The minimum Gasteiger partial charge on any atom is -0.504 e. The molecule has 0 amide bonds. The lowest BCUT2D eigenvalue weighted by molar-refractivity contribution is -0.129. The van der Waals surface area contributed by atoms with Crippen molar-refractivity contribution >= 4 is 5.78 Å². The van der Waals surface area contributed by atoms with Gasteiger partial charge in [-0.2, -0.15) is 0 Å². The topological polar surface area (TPSA) is 57.5 Å². The van der Waals surface area contributed by atoms with Crippen molar-refractivity contribution < 1.29 is 19.1 Å². The maximum Gasteiger partial charge on any atom is 0.293 e. The highest BCUT2D eigenvalue weighted by Crippen LogP contribution is 2.60. The lowest BCUT2D eigenvalue weighted by Gasteiger charge is -2.48. The van der Waals surface area contributed by atoms with Crippen LogP contribution in [0.4, 0.5) is 0 Å². The molecule has 2 N–H and O–H groups in total. The number of benzene rings is 1. The number of aromatic hydroxyl groups is 2. The number of phenols is 2. The average molecular weight is 290 g/mol.